The van der Waals surface area contributed by atoms with E-state index in [1.807, 2.05) is 0 Å². The minimum Gasteiger partial charge on any atom is -0.486 e. The van der Waals surface area contributed by atoms with Crippen LogP contribution in [0.4, 0.5) is 4.39 Å². The van der Waals surface area contributed by atoms with Crippen molar-refractivity contribution in [1.29, 1.82) is 0 Å². The molecule has 0 aliphatic carbocycles. The van der Waals surface area contributed by atoms with Crippen LogP contribution in [0.3, 0.4) is 0 Å². The van der Waals surface area contributed by atoms with Gasteiger partial charge in [0.25, 0.3) is 0 Å². The van der Waals surface area contributed by atoms with Crippen LogP contribution in [0.25, 0.3) is 6.08 Å². The van der Waals surface area contributed by atoms with Gasteiger partial charge in [0, 0.05) is 24.0 Å². The van der Waals surface area contributed by atoms with Crippen LogP contribution in [0, 0.1) is 5.82 Å². The molecule has 0 spiro atoms. The third-order valence-electron chi connectivity index (χ3n) is 2.61. The van der Waals surface area contributed by atoms with E-state index in [0.717, 1.165) is 6.08 Å². The minimum atomic E-state index is -1.09. The number of hydrogen-bond donors (Lipinski definition) is 1. The van der Waals surface area contributed by atoms with Crippen LogP contribution in [0.5, 0.6) is 5.75 Å². The van der Waals surface area contributed by atoms with Crippen molar-refractivity contribution in [3.05, 3.63) is 64.7 Å². The lowest BCUT2D eigenvalue weighted by Crippen LogP contribution is -1.98. The number of carboxylic acids is 1. The molecule has 2 aromatic rings. The van der Waals surface area contributed by atoms with Gasteiger partial charge >= 0.3 is 5.97 Å². The molecule has 0 unspecified atom stereocenters. The van der Waals surface area contributed by atoms with Crippen molar-refractivity contribution < 1.29 is 19.0 Å². The third kappa shape index (κ3) is 4.29. The van der Waals surface area contributed by atoms with Crippen LogP contribution < -0.4 is 4.74 Å². The zero-order valence-corrected chi connectivity index (χ0v) is 11.5. The van der Waals surface area contributed by atoms with E-state index in [4.69, 9.17) is 21.4 Å². The van der Waals surface area contributed by atoms with Crippen LogP contribution in [0.15, 0.2) is 42.7 Å². The molecule has 6 heteroatoms. The molecule has 0 aliphatic rings. The molecule has 108 valence electrons. The first kappa shape index (κ1) is 15.0. The van der Waals surface area contributed by atoms with E-state index in [9.17, 15) is 9.18 Å². The van der Waals surface area contributed by atoms with Gasteiger partial charge < -0.3 is 9.84 Å². The van der Waals surface area contributed by atoms with Gasteiger partial charge in [0.1, 0.15) is 6.61 Å². The second-order valence-electron chi connectivity index (χ2n) is 4.12. The van der Waals surface area contributed by atoms with Crippen LogP contribution in [0.1, 0.15) is 11.1 Å². The Morgan fingerprint density at radius 3 is 2.90 bits per heavy atom. The van der Waals surface area contributed by atoms with Gasteiger partial charge in [-0.3, -0.25) is 4.98 Å². The van der Waals surface area contributed by atoms with Gasteiger partial charge in [-0.15, -0.1) is 0 Å². The summed E-state index contributed by atoms with van der Waals surface area (Å²) in [7, 11) is 0. The first-order chi connectivity index (χ1) is 10.1. The molecule has 0 bridgehead atoms. The fourth-order valence-corrected chi connectivity index (χ4v) is 1.76. The molecule has 0 atom stereocenters. The summed E-state index contributed by atoms with van der Waals surface area (Å²) < 4.78 is 19.2. The average Bonchev–Trinajstić information content (AvgIpc) is 2.45. The molecule has 1 aromatic heterocycles. The lowest BCUT2D eigenvalue weighted by atomic mass is 10.2. The van der Waals surface area contributed by atoms with Crippen molar-refractivity contribution >= 4 is 23.6 Å². The summed E-state index contributed by atoms with van der Waals surface area (Å²) in [6.45, 7) is 0.114. The maximum absolute atomic E-state index is 13.8. The Morgan fingerprint density at radius 1 is 1.43 bits per heavy atom. The molecule has 0 radical (unpaired) electrons. The molecule has 0 fully saturated rings. The number of rotatable bonds is 5. The lowest BCUT2D eigenvalue weighted by Gasteiger charge is -2.08. The molecular weight excluding hydrogens is 297 g/mol. The first-order valence-electron chi connectivity index (χ1n) is 5.98. The smallest absolute Gasteiger partial charge is 0.328 e. The summed E-state index contributed by atoms with van der Waals surface area (Å²) in [6.07, 6.45) is 5.29. The zero-order chi connectivity index (χ0) is 15.2. The van der Waals surface area contributed by atoms with E-state index in [1.54, 1.807) is 18.3 Å². The number of ether oxygens (including phenoxy) is 1. The molecule has 1 N–H and O–H groups in total. The summed E-state index contributed by atoms with van der Waals surface area (Å²) in [4.78, 5) is 14.2. The number of pyridine rings is 1. The largest absolute Gasteiger partial charge is 0.486 e. The number of aliphatic carboxylic acids is 1. The van der Waals surface area contributed by atoms with Crippen molar-refractivity contribution in [2.24, 2.45) is 0 Å². The van der Waals surface area contributed by atoms with Gasteiger partial charge in [0.05, 0.1) is 5.02 Å². The molecule has 4 nitrogen and oxygen atoms in total. The molecule has 0 saturated carbocycles. The minimum absolute atomic E-state index is 0.0651. The Labute approximate surface area is 125 Å². The number of benzene rings is 1. The highest BCUT2D eigenvalue weighted by molar-refractivity contribution is 6.31. The van der Waals surface area contributed by atoms with Crippen molar-refractivity contribution in [3.8, 4) is 5.75 Å². The second kappa shape index (κ2) is 6.85. The van der Waals surface area contributed by atoms with Gasteiger partial charge in [-0.2, -0.15) is 0 Å². The zero-order valence-electron chi connectivity index (χ0n) is 10.8. The number of carboxylic acid groups (broad SMARTS) is 1. The highest BCUT2D eigenvalue weighted by Gasteiger charge is 2.06. The number of nitrogens with zero attached hydrogens (tertiary/aromatic N) is 1. The summed E-state index contributed by atoms with van der Waals surface area (Å²) in [5, 5.41) is 8.96. The van der Waals surface area contributed by atoms with Gasteiger partial charge in [0.2, 0.25) is 0 Å². The van der Waals surface area contributed by atoms with Crippen molar-refractivity contribution in [1.82, 2.24) is 4.98 Å². The van der Waals surface area contributed by atoms with Crippen molar-refractivity contribution in [2.45, 2.75) is 6.61 Å². The number of hydrogen-bond acceptors (Lipinski definition) is 3. The van der Waals surface area contributed by atoms with Gasteiger partial charge in [-0.1, -0.05) is 17.7 Å². The van der Waals surface area contributed by atoms with E-state index in [2.05, 4.69) is 4.98 Å². The quantitative estimate of drug-likeness (QED) is 0.858. The summed E-state index contributed by atoms with van der Waals surface area (Å²) in [5.41, 5.74) is 1.13. The summed E-state index contributed by atoms with van der Waals surface area (Å²) in [6, 6.07) is 5.88. The van der Waals surface area contributed by atoms with Crippen molar-refractivity contribution in [2.75, 3.05) is 0 Å². The Kier molecular flexibility index (Phi) is 4.90. The van der Waals surface area contributed by atoms with Gasteiger partial charge in [0.15, 0.2) is 11.6 Å². The molecule has 21 heavy (non-hydrogen) atoms. The van der Waals surface area contributed by atoms with Gasteiger partial charge in [-0.25, -0.2) is 9.18 Å². The summed E-state index contributed by atoms with van der Waals surface area (Å²) in [5.74, 6) is -1.61. The van der Waals surface area contributed by atoms with E-state index >= 15 is 0 Å². The summed E-state index contributed by atoms with van der Waals surface area (Å²) >= 11 is 5.93. The molecular formula is C15H11ClFNO3. The Balaban J connectivity index is 2.08. The lowest BCUT2D eigenvalue weighted by molar-refractivity contribution is -0.131. The van der Waals surface area contributed by atoms with E-state index in [0.29, 0.717) is 16.1 Å². The highest BCUT2D eigenvalue weighted by Crippen LogP contribution is 2.22. The molecule has 0 saturated heterocycles. The number of carbonyl (C=O) groups is 1. The number of halogens is 2. The molecule has 1 aromatic carbocycles. The maximum Gasteiger partial charge on any atom is 0.328 e. The van der Waals surface area contributed by atoms with E-state index in [1.165, 1.54) is 24.4 Å². The standard InChI is InChI=1S/C15H11ClFNO3/c16-12-8-18-6-5-11(12)9-21-14-3-1-10(7-13(14)17)2-4-15(19)20/h1-8H,9H2,(H,19,20)/b4-2+. The Bertz CT molecular complexity index is 688. The van der Waals surface area contributed by atoms with Crippen LogP contribution >= 0.6 is 11.6 Å². The second-order valence-corrected chi connectivity index (χ2v) is 4.52. The normalized spacial score (nSPS) is 10.8. The molecule has 0 amide bonds. The Morgan fingerprint density at radius 2 is 2.24 bits per heavy atom. The predicted molar refractivity (Wildman–Crippen MR) is 76.6 cm³/mol. The number of aromatic nitrogens is 1. The first-order valence-corrected chi connectivity index (χ1v) is 6.36. The molecule has 1 heterocycles. The van der Waals surface area contributed by atoms with Crippen LogP contribution in [-0.2, 0) is 11.4 Å². The monoisotopic (exact) mass is 307 g/mol. The molecule has 0 aliphatic heterocycles. The maximum atomic E-state index is 13.8. The van der Waals surface area contributed by atoms with E-state index in [-0.39, 0.29) is 12.4 Å². The fraction of sp³-hybridized carbons (Fsp3) is 0.0667. The fourth-order valence-electron chi connectivity index (χ4n) is 1.58. The van der Waals surface area contributed by atoms with Crippen LogP contribution in [0.2, 0.25) is 5.02 Å². The SMILES string of the molecule is O=C(O)/C=C/c1ccc(OCc2ccncc2Cl)c(F)c1. The third-order valence-corrected chi connectivity index (χ3v) is 2.95. The molecule has 2 rings (SSSR count). The van der Waals surface area contributed by atoms with Crippen LogP contribution in [-0.4, -0.2) is 16.1 Å². The predicted octanol–water partition coefficient (Wildman–Crippen LogP) is 3.55. The van der Waals surface area contributed by atoms with Gasteiger partial charge in [-0.05, 0) is 29.8 Å². The topological polar surface area (TPSA) is 59.4 Å². The van der Waals surface area contributed by atoms with E-state index < -0.39 is 11.8 Å². The average molecular weight is 308 g/mol. The highest BCUT2D eigenvalue weighted by atomic mass is 35.5. The van der Waals surface area contributed by atoms with Crippen molar-refractivity contribution in [3.63, 3.8) is 0 Å². The Hall–Kier alpha value is -2.40.